The van der Waals surface area contributed by atoms with E-state index in [0.717, 1.165) is 31.6 Å². The smallest absolute Gasteiger partial charge is 0.258 e. The van der Waals surface area contributed by atoms with Crippen molar-refractivity contribution in [3.63, 3.8) is 0 Å². The molecule has 0 unspecified atom stereocenters. The van der Waals surface area contributed by atoms with Crippen molar-refractivity contribution in [2.45, 2.75) is 18.9 Å². The zero-order chi connectivity index (χ0) is 17.8. The average Bonchev–Trinajstić information content (AvgIpc) is 2.62. The minimum absolute atomic E-state index is 0. The van der Waals surface area contributed by atoms with Crippen LogP contribution in [-0.2, 0) is 0 Å². The summed E-state index contributed by atoms with van der Waals surface area (Å²) in [5.41, 5.74) is 1.78. The Balaban J connectivity index is 0.00000182. The van der Waals surface area contributed by atoms with E-state index in [9.17, 15) is 9.18 Å². The standard InChI is InChI=1S/C20H24FN3O.2ClH/c1-23-12-10-16(11-13-23)24(2)17-7-5-6-15(14-17)22-20(25)18-8-3-4-9-19(18)21;;/h3-9,14,16H,10-13H2,1-2H3,(H,22,25);2*1H. The van der Waals surface area contributed by atoms with E-state index in [1.165, 1.54) is 12.1 Å². The average molecular weight is 414 g/mol. The maximum atomic E-state index is 13.8. The Kier molecular flexibility index (Phi) is 9.03. The van der Waals surface area contributed by atoms with Crippen LogP contribution in [0.25, 0.3) is 0 Å². The van der Waals surface area contributed by atoms with Gasteiger partial charge in [0.25, 0.3) is 5.91 Å². The molecule has 3 rings (SSSR count). The number of anilines is 2. The Morgan fingerprint density at radius 1 is 1.11 bits per heavy atom. The summed E-state index contributed by atoms with van der Waals surface area (Å²) < 4.78 is 13.8. The molecule has 0 aromatic heterocycles. The number of carbonyl (C=O) groups is 1. The maximum absolute atomic E-state index is 13.8. The van der Waals surface area contributed by atoms with Crippen LogP contribution in [0.2, 0.25) is 0 Å². The monoisotopic (exact) mass is 413 g/mol. The lowest BCUT2D eigenvalue weighted by atomic mass is 10.0. The van der Waals surface area contributed by atoms with Gasteiger partial charge in [-0.1, -0.05) is 18.2 Å². The van der Waals surface area contributed by atoms with Gasteiger partial charge in [0, 0.05) is 24.5 Å². The molecule has 0 spiro atoms. The fourth-order valence-corrected chi connectivity index (χ4v) is 3.24. The summed E-state index contributed by atoms with van der Waals surface area (Å²) in [5.74, 6) is -0.947. The Bertz CT molecular complexity index is 752. The van der Waals surface area contributed by atoms with Crippen LogP contribution in [0, 0.1) is 5.82 Å². The number of piperidine rings is 1. The molecule has 0 bridgehead atoms. The third-order valence-corrected chi connectivity index (χ3v) is 4.87. The Hall–Kier alpha value is -1.82. The summed E-state index contributed by atoms with van der Waals surface area (Å²) in [6, 6.07) is 14.2. The lowest BCUT2D eigenvalue weighted by Crippen LogP contribution is -2.42. The zero-order valence-electron chi connectivity index (χ0n) is 15.5. The van der Waals surface area contributed by atoms with Crippen molar-refractivity contribution in [2.75, 3.05) is 37.4 Å². The van der Waals surface area contributed by atoms with Crippen LogP contribution in [0.4, 0.5) is 15.8 Å². The van der Waals surface area contributed by atoms with E-state index in [4.69, 9.17) is 0 Å². The first-order chi connectivity index (χ1) is 12.0. The van der Waals surface area contributed by atoms with Crippen LogP contribution >= 0.6 is 24.8 Å². The second-order valence-electron chi connectivity index (χ2n) is 6.63. The number of likely N-dealkylation sites (tertiary alicyclic amines) is 1. The molecule has 0 saturated carbocycles. The van der Waals surface area contributed by atoms with Crippen LogP contribution in [-0.4, -0.2) is 44.0 Å². The van der Waals surface area contributed by atoms with Gasteiger partial charge < -0.3 is 15.1 Å². The minimum atomic E-state index is -0.514. The quantitative estimate of drug-likeness (QED) is 0.803. The summed E-state index contributed by atoms with van der Waals surface area (Å²) in [5, 5.41) is 2.79. The summed E-state index contributed by atoms with van der Waals surface area (Å²) in [6.07, 6.45) is 2.25. The number of amides is 1. The van der Waals surface area contributed by atoms with Crippen LogP contribution in [0.5, 0.6) is 0 Å². The molecule has 1 saturated heterocycles. The molecule has 1 N–H and O–H groups in total. The van der Waals surface area contributed by atoms with Crippen LogP contribution in [0.3, 0.4) is 0 Å². The van der Waals surface area contributed by atoms with E-state index in [0.29, 0.717) is 11.7 Å². The number of rotatable bonds is 4. The molecule has 2 aromatic carbocycles. The summed E-state index contributed by atoms with van der Waals surface area (Å²) >= 11 is 0. The molecule has 0 aliphatic carbocycles. The molecule has 1 aliphatic heterocycles. The van der Waals surface area contributed by atoms with Crippen LogP contribution < -0.4 is 10.2 Å². The van der Waals surface area contributed by atoms with Gasteiger partial charge in [-0.3, -0.25) is 4.79 Å². The predicted octanol–water partition coefficient (Wildman–Crippen LogP) is 4.45. The highest BCUT2D eigenvalue weighted by atomic mass is 35.5. The number of hydrogen-bond donors (Lipinski definition) is 1. The van der Waals surface area contributed by atoms with Crippen molar-refractivity contribution in [3.05, 3.63) is 59.9 Å². The molecule has 0 radical (unpaired) electrons. The van der Waals surface area contributed by atoms with Gasteiger partial charge in [0.05, 0.1) is 5.56 Å². The highest BCUT2D eigenvalue weighted by Gasteiger charge is 2.21. The van der Waals surface area contributed by atoms with Gasteiger partial charge in [-0.05, 0) is 63.3 Å². The first-order valence-corrected chi connectivity index (χ1v) is 8.62. The normalized spacial score (nSPS) is 14.6. The largest absolute Gasteiger partial charge is 0.371 e. The van der Waals surface area contributed by atoms with Crippen molar-refractivity contribution >= 4 is 42.1 Å². The fourth-order valence-electron chi connectivity index (χ4n) is 3.24. The van der Waals surface area contributed by atoms with Gasteiger partial charge in [-0.15, -0.1) is 24.8 Å². The van der Waals surface area contributed by atoms with Gasteiger partial charge in [0.2, 0.25) is 0 Å². The summed E-state index contributed by atoms with van der Waals surface area (Å²) in [4.78, 5) is 16.9. The second-order valence-corrected chi connectivity index (χ2v) is 6.63. The van der Waals surface area contributed by atoms with Crippen molar-refractivity contribution < 1.29 is 9.18 Å². The van der Waals surface area contributed by atoms with Crippen molar-refractivity contribution in [3.8, 4) is 0 Å². The van der Waals surface area contributed by atoms with Crippen LogP contribution in [0.1, 0.15) is 23.2 Å². The third kappa shape index (κ3) is 5.83. The second kappa shape index (κ2) is 10.5. The van der Waals surface area contributed by atoms with Gasteiger partial charge >= 0.3 is 0 Å². The topological polar surface area (TPSA) is 35.6 Å². The zero-order valence-corrected chi connectivity index (χ0v) is 17.2. The Morgan fingerprint density at radius 2 is 1.78 bits per heavy atom. The van der Waals surface area contributed by atoms with E-state index in [-0.39, 0.29) is 30.4 Å². The molecule has 1 amide bonds. The lowest BCUT2D eigenvalue weighted by molar-refractivity contribution is 0.102. The van der Waals surface area contributed by atoms with Crippen LogP contribution in [0.15, 0.2) is 48.5 Å². The Labute approximate surface area is 172 Å². The van der Waals surface area contributed by atoms with Gasteiger partial charge in [-0.2, -0.15) is 0 Å². The molecule has 1 heterocycles. The molecular weight excluding hydrogens is 388 g/mol. The van der Waals surface area contributed by atoms with Crippen molar-refractivity contribution in [1.82, 2.24) is 4.90 Å². The number of nitrogens with one attached hydrogen (secondary N) is 1. The summed E-state index contributed by atoms with van der Waals surface area (Å²) in [6.45, 7) is 2.19. The highest BCUT2D eigenvalue weighted by molar-refractivity contribution is 6.04. The molecule has 27 heavy (non-hydrogen) atoms. The van der Waals surface area contributed by atoms with E-state index in [1.54, 1.807) is 12.1 Å². The number of halogens is 3. The number of carbonyl (C=O) groups excluding carboxylic acids is 1. The molecule has 148 valence electrons. The fraction of sp³-hybridized carbons (Fsp3) is 0.350. The SMILES string of the molecule is CN1CCC(N(C)c2cccc(NC(=O)c3ccccc3F)c2)CC1.Cl.Cl. The number of nitrogens with zero attached hydrogens (tertiary/aromatic N) is 2. The maximum Gasteiger partial charge on any atom is 0.258 e. The minimum Gasteiger partial charge on any atom is -0.371 e. The molecule has 1 aliphatic rings. The lowest BCUT2D eigenvalue weighted by Gasteiger charge is -2.36. The predicted molar refractivity (Wildman–Crippen MR) is 114 cm³/mol. The molecule has 2 aromatic rings. The molecule has 4 nitrogen and oxygen atoms in total. The van der Waals surface area contributed by atoms with Crippen molar-refractivity contribution in [2.24, 2.45) is 0 Å². The van der Waals surface area contributed by atoms with E-state index in [2.05, 4.69) is 29.2 Å². The summed E-state index contributed by atoms with van der Waals surface area (Å²) in [7, 11) is 4.24. The number of benzene rings is 2. The number of hydrogen-bond acceptors (Lipinski definition) is 3. The highest BCUT2D eigenvalue weighted by Crippen LogP contribution is 2.24. The first kappa shape index (κ1) is 23.2. The first-order valence-electron chi connectivity index (χ1n) is 8.62. The van der Waals surface area contributed by atoms with Gasteiger partial charge in [0.15, 0.2) is 0 Å². The third-order valence-electron chi connectivity index (χ3n) is 4.87. The molecular formula is C20H26Cl2FN3O. The van der Waals surface area contributed by atoms with E-state index < -0.39 is 11.7 Å². The van der Waals surface area contributed by atoms with Crippen molar-refractivity contribution in [1.29, 1.82) is 0 Å². The van der Waals surface area contributed by atoms with Gasteiger partial charge in [-0.25, -0.2) is 4.39 Å². The Morgan fingerprint density at radius 3 is 2.44 bits per heavy atom. The molecule has 7 heteroatoms. The molecule has 0 atom stereocenters. The molecule has 1 fully saturated rings. The van der Waals surface area contributed by atoms with E-state index in [1.807, 2.05) is 24.3 Å². The van der Waals surface area contributed by atoms with Gasteiger partial charge in [0.1, 0.15) is 5.82 Å². The van der Waals surface area contributed by atoms with E-state index >= 15 is 0 Å².